The van der Waals surface area contributed by atoms with Crippen molar-refractivity contribution in [2.24, 2.45) is 0 Å². The van der Waals surface area contributed by atoms with Crippen LogP contribution in [0.15, 0.2) is 24.3 Å². The van der Waals surface area contributed by atoms with Crippen molar-refractivity contribution in [3.05, 3.63) is 29.8 Å². The van der Waals surface area contributed by atoms with Crippen molar-refractivity contribution in [2.75, 3.05) is 18.9 Å². The molecule has 1 aromatic carbocycles. The van der Waals surface area contributed by atoms with Gasteiger partial charge in [0.15, 0.2) is 0 Å². The molecular formula is C15H19NO5S. The second kappa shape index (κ2) is 9.83. The molecule has 120 valence electrons. The molecule has 0 spiro atoms. The number of para-hydroxylation sites is 1. The first-order valence-electron chi connectivity index (χ1n) is 6.89. The third kappa shape index (κ3) is 6.62. The van der Waals surface area contributed by atoms with Crippen LogP contribution in [-0.2, 0) is 9.53 Å². The Morgan fingerprint density at radius 3 is 2.64 bits per heavy atom. The molecule has 22 heavy (non-hydrogen) atoms. The smallest absolute Gasteiger partial charge is 0.372 e. The predicted octanol–water partition coefficient (Wildman–Crippen LogP) is 2.62. The summed E-state index contributed by atoms with van der Waals surface area (Å²) < 4.78 is 10.2. The van der Waals surface area contributed by atoms with Crippen LogP contribution in [0.25, 0.3) is 0 Å². The molecule has 0 aromatic heterocycles. The lowest BCUT2D eigenvalue weighted by Crippen LogP contribution is -2.23. The summed E-state index contributed by atoms with van der Waals surface area (Å²) in [5.74, 6) is -0.118. The van der Waals surface area contributed by atoms with Crippen molar-refractivity contribution < 1.29 is 23.9 Å². The Hall–Kier alpha value is -2.02. The average Bonchev–Trinajstić information content (AvgIpc) is 2.49. The minimum Gasteiger partial charge on any atom is -0.462 e. The summed E-state index contributed by atoms with van der Waals surface area (Å²) in [7, 11) is 0. The minimum atomic E-state index is -0.541. The van der Waals surface area contributed by atoms with Crippen LogP contribution in [0, 0.1) is 0 Å². The fourth-order valence-corrected chi connectivity index (χ4v) is 2.00. The molecule has 0 aliphatic carbocycles. The monoisotopic (exact) mass is 325 g/mol. The molecule has 1 rings (SSSR count). The van der Waals surface area contributed by atoms with E-state index in [9.17, 15) is 14.4 Å². The third-order valence-corrected chi connectivity index (χ3v) is 3.16. The van der Waals surface area contributed by atoms with Gasteiger partial charge in [-0.15, -0.1) is 0 Å². The standard InChI is InChI=1S/C15H19NO5S/c1-3-9-20-14(18)12-6-4-5-7-13(12)21-15(19)22-10-8-16-11(2)17/h4-7H,3,8-10H2,1-2H3,(H,16,17). The van der Waals surface area contributed by atoms with Crippen LogP contribution < -0.4 is 10.1 Å². The van der Waals surface area contributed by atoms with Gasteiger partial charge < -0.3 is 14.8 Å². The molecule has 1 N–H and O–H groups in total. The summed E-state index contributed by atoms with van der Waals surface area (Å²) in [6, 6.07) is 6.42. The van der Waals surface area contributed by atoms with E-state index in [1.165, 1.54) is 13.0 Å². The molecule has 7 heteroatoms. The second-order valence-electron chi connectivity index (χ2n) is 4.32. The Labute approximate surface area is 133 Å². The lowest BCUT2D eigenvalue weighted by Gasteiger charge is -2.09. The van der Waals surface area contributed by atoms with E-state index in [-0.39, 0.29) is 17.2 Å². The Morgan fingerprint density at radius 1 is 1.23 bits per heavy atom. The number of hydrogen-bond acceptors (Lipinski definition) is 6. The number of esters is 1. The molecular weight excluding hydrogens is 306 g/mol. The van der Waals surface area contributed by atoms with Gasteiger partial charge in [0.2, 0.25) is 5.91 Å². The fraction of sp³-hybridized carbons (Fsp3) is 0.400. The fourth-order valence-electron chi connectivity index (χ4n) is 1.48. The van der Waals surface area contributed by atoms with Gasteiger partial charge in [-0.3, -0.25) is 4.79 Å². The molecule has 0 unspecified atom stereocenters. The first-order chi connectivity index (χ1) is 10.5. The summed E-state index contributed by atoms with van der Waals surface area (Å²) in [6.45, 7) is 3.98. The SMILES string of the molecule is CCCOC(=O)c1ccccc1OC(=O)SCCNC(C)=O. The van der Waals surface area contributed by atoms with Gasteiger partial charge in [0.25, 0.3) is 0 Å². The summed E-state index contributed by atoms with van der Waals surface area (Å²) in [6.07, 6.45) is 0.715. The van der Waals surface area contributed by atoms with Crippen LogP contribution in [-0.4, -0.2) is 36.1 Å². The normalized spacial score (nSPS) is 9.91. The highest BCUT2D eigenvalue weighted by molar-refractivity contribution is 8.13. The average molecular weight is 325 g/mol. The molecule has 0 saturated carbocycles. The quantitative estimate of drug-likeness (QED) is 0.613. The maximum absolute atomic E-state index is 11.9. The van der Waals surface area contributed by atoms with Gasteiger partial charge in [-0.2, -0.15) is 0 Å². The highest BCUT2D eigenvalue weighted by Crippen LogP contribution is 2.21. The number of hydrogen-bond donors (Lipinski definition) is 1. The van der Waals surface area contributed by atoms with Gasteiger partial charge in [-0.25, -0.2) is 9.59 Å². The van der Waals surface area contributed by atoms with Gasteiger partial charge in [0.05, 0.1) is 6.61 Å². The van der Waals surface area contributed by atoms with Crippen LogP contribution in [0.1, 0.15) is 30.6 Å². The van der Waals surface area contributed by atoms with E-state index in [1.54, 1.807) is 18.2 Å². The summed E-state index contributed by atoms with van der Waals surface area (Å²) in [5.41, 5.74) is 0.215. The number of ether oxygens (including phenoxy) is 2. The number of thioether (sulfide) groups is 1. The van der Waals surface area contributed by atoms with E-state index >= 15 is 0 Å². The summed E-state index contributed by atoms with van der Waals surface area (Å²) >= 11 is 0.924. The minimum absolute atomic E-state index is 0.155. The number of amides is 1. The molecule has 0 heterocycles. The Morgan fingerprint density at radius 2 is 1.95 bits per heavy atom. The molecule has 0 aliphatic rings. The molecule has 0 radical (unpaired) electrons. The van der Waals surface area contributed by atoms with Crippen LogP contribution in [0.4, 0.5) is 4.79 Å². The number of carbonyl (C=O) groups excluding carboxylic acids is 3. The number of rotatable bonds is 7. The Balaban J connectivity index is 2.55. The van der Waals surface area contributed by atoms with Gasteiger partial charge in [-0.1, -0.05) is 19.1 Å². The number of nitrogens with one attached hydrogen (secondary N) is 1. The van der Waals surface area contributed by atoms with Crippen molar-refractivity contribution >= 4 is 28.9 Å². The van der Waals surface area contributed by atoms with E-state index in [2.05, 4.69) is 5.32 Å². The van der Waals surface area contributed by atoms with E-state index < -0.39 is 11.3 Å². The van der Waals surface area contributed by atoms with E-state index in [0.29, 0.717) is 25.3 Å². The third-order valence-electron chi connectivity index (χ3n) is 2.43. The van der Waals surface area contributed by atoms with Crippen molar-refractivity contribution in [3.8, 4) is 5.75 Å². The second-order valence-corrected chi connectivity index (χ2v) is 5.35. The molecule has 6 nitrogen and oxygen atoms in total. The zero-order valence-electron chi connectivity index (χ0n) is 12.6. The first-order valence-corrected chi connectivity index (χ1v) is 7.88. The highest BCUT2D eigenvalue weighted by atomic mass is 32.2. The molecule has 0 atom stereocenters. The van der Waals surface area contributed by atoms with Crippen LogP contribution in [0.5, 0.6) is 5.75 Å². The van der Waals surface area contributed by atoms with Crippen molar-refractivity contribution in [2.45, 2.75) is 20.3 Å². The molecule has 0 fully saturated rings. The largest absolute Gasteiger partial charge is 0.462 e. The van der Waals surface area contributed by atoms with Gasteiger partial charge >= 0.3 is 11.3 Å². The molecule has 0 aliphatic heterocycles. The van der Waals surface area contributed by atoms with Gasteiger partial charge in [0.1, 0.15) is 11.3 Å². The predicted molar refractivity (Wildman–Crippen MR) is 84.2 cm³/mol. The van der Waals surface area contributed by atoms with Crippen molar-refractivity contribution in [3.63, 3.8) is 0 Å². The molecule has 0 bridgehead atoms. The lowest BCUT2D eigenvalue weighted by atomic mass is 10.2. The maximum Gasteiger partial charge on any atom is 0.372 e. The highest BCUT2D eigenvalue weighted by Gasteiger charge is 2.16. The van der Waals surface area contributed by atoms with Crippen molar-refractivity contribution in [1.82, 2.24) is 5.32 Å². The Kier molecular flexibility index (Phi) is 8.06. The van der Waals surface area contributed by atoms with Crippen LogP contribution in [0.2, 0.25) is 0 Å². The van der Waals surface area contributed by atoms with Crippen LogP contribution >= 0.6 is 11.8 Å². The molecule has 0 saturated heterocycles. The zero-order chi connectivity index (χ0) is 16.4. The van der Waals surface area contributed by atoms with E-state index in [4.69, 9.17) is 9.47 Å². The lowest BCUT2D eigenvalue weighted by molar-refractivity contribution is -0.118. The topological polar surface area (TPSA) is 81.7 Å². The summed E-state index contributed by atoms with van der Waals surface area (Å²) in [5, 5.41) is 2.04. The van der Waals surface area contributed by atoms with Crippen molar-refractivity contribution in [1.29, 1.82) is 0 Å². The first kappa shape index (κ1) is 18.0. The maximum atomic E-state index is 11.9. The zero-order valence-corrected chi connectivity index (χ0v) is 13.4. The van der Waals surface area contributed by atoms with Gasteiger partial charge in [0, 0.05) is 19.2 Å². The number of benzene rings is 1. The Bertz CT molecular complexity index is 532. The van der Waals surface area contributed by atoms with Crippen LogP contribution in [0.3, 0.4) is 0 Å². The molecule has 1 amide bonds. The summed E-state index contributed by atoms with van der Waals surface area (Å²) in [4.78, 5) is 34.3. The number of carbonyl (C=O) groups is 3. The van der Waals surface area contributed by atoms with E-state index in [1.807, 2.05) is 6.92 Å². The van der Waals surface area contributed by atoms with E-state index in [0.717, 1.165) is 11.8 Å². The molecule has 1 aromatic rings. The van der Waals surface area contributed by atoms with Gasteiger partial charge in [-0.05, 0) is 30.3 Å².